The molecule has 2 aliphatic heterocycles. The van der Waals surface area contributed by atoms with Crippen LogP contribution in [-0.2, 0) is 51.7 Å². The second kappa shape index (κ2) is 30.8. The SMILES string of the molecule is C=C(C[C@H](O)C[C@H]1CCC[C@@H](C[C@H](CC(=O)O[C@@H](CO[Si](C)(C)C(C)(C)C)C[C@@H]2C/C(=C\C(=O)OC)[C@H](OC(=O)CCCCCCC)[C@](O)(C(C)(C)/C=C/C=O)O2)O[Si](c2ccccc2)(c2ccccc2)C(C)(C)C)O1)C[Si](C)(C)C. The van der Waals surface area contributed by atoms with Gasteiger partial charge >= 0.3 is 17.9 Å². The Morgan fingerprint density at radius 3 is 1.91 bits per heavy atom. The van der Waals surface area contributed by atoms with E-state index in [1.165, 1.54) is 25.3 Å². The summed E-state index contributed by atoms with van der Waals surface area (Å²) in [5.74, 6) is -4.15. The lowest BCUT2D eigenvalue weighted by Gasteiger charge is -2.51. The van der Waals surface area contributed by atoms with Crippen molar-refractivity contribution in [2.75, 3.05) is 13.7 Å². The lowest BCUT2D eigenvalue weighted by Crippen LogP contribution is -2.68. The minimum absolute atomic E-state index is 0.00178. The Balaban J connectivity index is 1.80. The quantitative estimate of drug-likeness (QED) is 0.0139. The predicted molar refractivity (Wildman–Crippen MR) is 331 cm³/mol. The van der Waals surface area contributed by atoms with E-state index in [1.54, 1.807) is 13.8 Å². The third-order valence-electron chi connectivity index (χ3n) is 16.5. The molecule has 2 aliphatic rings. The normalized spacial score (nSPS) is 22.2. The van der Waals surface area contributed by atoms with E-state index >= 15 is 4.79 Å². The van der Waals surface area contributed by atoms with Crippen molar-refractivity contribution in [1.29, 1.82) is 0 Å². The van der Waals surface area contributed by atoms with E-state index < -0.39 is 89.4 Å². The fourth-order valence-electron chi connectivity index (χ4n) is 11.2. The molecule has 8 atom stereocenters. The maximum absolute atomic E-state index is 15.2. The number of ether oxygens (including phenoxy) is 5. The summed E-state index contributed by atoms with van der Waals surface area (Å²) in [5.41, 5.74) is -0.0623. The third-order valence-corrected chi connectivity index (χ3v) is 27.6. The van der Waals surface area contributed by atoms with Crippen LogP contribution < -0.4 is 10.4 Å². The average molecular weight is 1180 g/mol. The van der Waals surface area contributed by atoms with Crippen LogP contribution in [0.2, 0.25) is 48.9 Å². The summed E-state index contributed by atoms with van der Waals surface area (Å²) >= 11 is 0. The van der Waals surface area contributed by atoms with Crippen LogP contribution in [0.25, 0.3) is 0 Å². The van der Waals surface area contributed by atoms with E-state index in [-0.39, 0.29) is 55.1 Å². The van der Waals surface area contributed by atoms with Crippen LogP contribution in [0.4, 0.5) is 0 Å². The molecule has 0 bridgehead atoms. The van der Waals surface area contributed by atoms with Gasteiger partial charge in [0, 0.05) is 32.4 Å². The fraction of sp³-hybridized carbons (Fsp3) is 0.662. The van der Waals surface area contributed by atoms with Crippen molar-refractivity contribution in [3.8, 4) is 0 Å². The molecule has 0 aliphatic carbocycles. The van der Waals surface area contributed by atoms with E-state index in [0.29, 0.717) is 32.0 Å². The van der Waals surface area contributed by atoms with Gasteiger partial charge in [-0.25, -0.2) is 4.79 Å². The number of rotatable bonds is 31. The molecular formula is C65H104O13Si3. The highest BCUT2D eigenvalue weighted by Gasteiger charge is 2.58. The Morgan fingerprint density at radius 2 is 1.37 bits per heavy atom. The topological polar surface area (TPSA) is 173 Å². The first-order chi connectivity index (χ1) is 37.8. The molecule has 2 N–H and O–H groups in total. The number of hydrogen-bond acceptors (Lipinski definition) is 13. The number of unbranched alkanes of at least 4 members (excludes halogenated alkanes) is 4. The molecule has 0 aromatic heterocycles. The first kappa shape index (κ1) is 69.6. The molecule has 0 amide bonds. The third kappa shape index (κ3) is 20.7. The number of aliphatic hydroxyl groups is 2. The molecule has 2 heterocycles. The molecule has 4 rings (SSSR count). The number of carbonyl (C=O) groups excluding carboxylic acids is 4. The summed E-state index contributed by atoms with van der Waals surface area (Å²) in [6, 6.07) is 21.6. The molecule has 454 valence electrons. The van der Waals surface area contributed by atoms with Crippen molar-refractivity contribution in [3.63, 3.8) is 0 Å². The maximum Gasteiger partial charge on any atom is 0.330 e. The summed E-state index contributed by atoms with van der Waals surface area (Å²) in [4.78, 5) is 53.8. The first-order valence-corrected chi connectivity index (χ1v) is 38.5. The van der Waals surface area contributed by atoms with Crippen LogP contribution in [0.1, 0.15) is 159 Å². The Labute approximate surface area is 490 Å². The van der Waals surface area contributed by atoms with E-state index in [1.807, 2.05) is 36.4 Å². The van der Waals surface area contributed by atoms with E-state index in [9.17, 15) is 24.6 Å². The zero-order valence-corrected chi connectivity index (χ0v) is 55.2. The van der Waals surface area contributed by atoms with Gasteiger partial charge in [0.05, 0.1) is 50.7 Å². The predicted octanol–water partition coefficient (Wildman–Crippen LogP) is 12.6. The summed E-state index contributed by atoms with van der Waals surface area (Å²) in [6.07, 6.45) is 7.80. The number of methoxy groups -OCH3 is 1. The van der Waals surface area contributed by atoms with Crippen molar-refractivity contribution in [2.24, 2.45) is 5.41 Å². The Kier molecular flexibility index (Phi) is 26.5. The van der Waals surface area contributed by atoms with Gasteiger partial charge in [0.15, 0.2) is 14.4 Å². The lowest BCUT2D eigenvalue weighted by atomic mass is 9.74. The molecule has 0 radical (unpaired) electrons. The van der Waals surface area contributed by atoms with Crippen LogP contribution in [0.15, 0.2) is 96.6 Å². The smallest absolute Gasteiger partial charge is 0.330 e. The number of esters is 3. The molecule has 2 saturated heterocycles. The minimum atomic E-state index is -3.27. The number of carbonyl (C=O) groups is 4. The number of allylic oxidation sites excluding steroid dienone is 1. The van der Waals surface area contributed by atoms with E-state index in [4.69, 9.17) is 32.5 Å². The van der Waals surface area contributed by atoms with Crippen molar-refractivity contribution in [3.05, 3.63) is 96.6 Å². The number of hydrogen-bond donors (Lipinski definition) is 2. The monoisotopic (exact) mass is 1180 g/mol. The van der Waals surface area contributed by atoms with Gasteiger partial charge < -0.3 is 42.7 Å². The van der Waals surface area contributed by atoms with E-state index in [2.05, 4.69) is 112 Å². The number of aldehydes is 1. The molecule has 81 heavy (non-hydrogen) atoms. The molecule has 16 heteroatoms. The van der Waals surface area contributed by atoms with Crippen molar-refractivity contribution < 1.29 is 61.9 Å². The highest BCUT2D eigenvalue weighted by molar-refractivity contribution is 6.99. The molecular weight excluding hydrogens is 1070 g/mol. The molecule has 0 spiro atoms. The Hall–Kier alpha value is -3.85. The van der Waals surface area contributed by atoms with E-state index in [0.717, 1.165) is 66.9 Å². The molecule has 0 unspecified atom stereocenters. The molecule has 2 fully saturated rings. The van der Waals surface area contributed by atoms with Gasteiger partial charge in [0.1, 0.15) is 12.4 Å². The molecule has 13 nitrogen and oxygen atoms in total. The largest absolute Gasteiger partial charge is 0.466 e. The second-order valence-electron chi connectivity index (χ2n) is 27.3. The highest BCUT2D eigenvalue weighted by Crippen LogP contribution is 2.47. The van der Waals surface area contributed by atoms with Crippen LogP contribution >= 0.6 is 0 Å². The lowest BCUT2D eigenvalue weighted by molar-refractivity contribution is -0.327. The Morgan fingerprint density at radius 1 is 0.790 bits per heavy atom. The van der Waals surface area contributed by atoms with Crippen molar-refractivity contribution in [2.45, 2.75) is 256 Å². The molecule has 2 aromatic carbocycles. The van der Waals surface area contributed by atoms with Crippen LogP contribution in [0.3, 0.4) is 0 Å². The highest BCUT2D eigenvalue weighted by atomic mass is 28.4. The molecule has 0 saturated carbocycles. The van der Waals surface area contributed by atoms with Crippen LogP contribution in [0, 0.1) is 5.41 Å². The number of benzene rings is 2. The standard InChI is InChI=1S/C65H104O13Si3/c1-17-18-19-20-27-36-58(68)76-61-49(41-59(69)72-11)40-53(77-65(61,71)64(9,10)37-29-38-66)44-55(46-73-80(15,16)62(3,4)5)75-60(70)45-54(43-52-31-28-30-51(74-52)42-50(67)39-48(2)47-79(12,13)14)78-81(63(6,7)8,56-32-23-21-24-33-56)57-34-25-22-26-35-57/h21-26,29,32-35,37-38,41,50-55,61,67,71H,2,17-20,27-28,30-31,36,39-40,42-47H2,1,3-16H3/b37-29+,49-41+/t50-,51+,52-,53-,54+,55+,61-,65+/m0/s1. The summed E-state index contributed by atoms with van der Waals surface area (Å²) < 4.78 is 46.2. The van der Waals surface area contributed by atoms with Gasteiger partial charge in [0.25, 0.3) is 8.32 Å². The van der Waals surface area contributed by atoms with Crippen LogP contribution in [-0.4, -0.2) is 121 Å². The first-order valence-electron chi connectivity index (χ1n) is 29.9. The van der Waals surface area contributed by atoms with Crippen molar-refractivity contribution >= 4 is 59.3 Å². The van der Waals surface area contributed by atoms with Gasteiger partial charge in [-0.15, -0.1) is 6.58 Å². The van der Waals surface area contributed by atoms with Gasteiger partial charge in [-0.3, -0.25) is 14.4 Å². The summed E-state index contributed by atoms with van der Waals surface area (Å²) in [6.45, 7) is 33.9. The summed E-state index contributed by atoms with van der Waals surface area (Å²) in [5, 5.41) is 25.9. The fourth-order valence-corrected chi connectivity index (χ4v) is 18.6. The Bertz CT molecular complexity index is 2330. The van der Waals surface area contributed by atoms with Gasteiger partial charge in [-0.1, -0.05) is 180 Å². The van der Waals surface area contributed by atoms with Crippen LogP contribution in [0.5, 0.6) is 0 Å². The summed E-state index contributed by atoms with van der Waals surface area (Å²) in [7, 11) is -5.91. The van der Waals surface area contributed by atoms with Crippen molar-refractivity contribution in [1.82, 2.24) is 0 Å². The van der Waals surface area contributed by atoms with Gasteiger partial charge in [0.2, 0.25) is 5.79 Å². The van der Waals surface area contributed by atoms with Gasteiger partial charge in [-0.2, -0.15) is 0 Å². The second-order valence-corrected chi connectivity index (χ2v) is 41.8. The molecule has 2 aromatic rings. The number of aliphatic hydroxyl groups excluding tert-OH is 1. The average Bonchev–Trinajstić information content (AvgIpc) is 3.37. The maximum atomic E-state index is 15.2. The zero-order valence-electron chi connectivity index (χ0n) is 52.2. The minimum Gasteiger partial charge on any atom is -0.466 e. The zero-order chi connectivity index (χ0) is 60.5. The van der Waals surface area contributed by atoms with Gasteiger partial charge in [-0.05, 0) is 103 Å².